The van der Waals surface area contributed by atoms with E-state index >= 15 is 0 Å². The summed E-state index contributed by atoms with van der Waals surface area (Å²) in [6.07, 6.45) is 0.671. The topological polar surface area (TPSA) is 78.8 Å². The molecule has 0 aliphatic rings. The van der Waals surface area contributed by atoms with Crippen LogP contribution >= 0.6 is 11.6 Å². The first-order valence-electron chi connectivity index (χ1n) is 11.9. The van der Waals surface area contributed by atoms with Crippen molar-refractivity contribution in [1.82, 2.24) is 9.88 Å². The molecule has 0 aliphatic carbocycles. The molecule has 4 aromatic rings. The number of carbonyl (C=O) groups excluding carboxylic acids is 2. The van der Waals surface area contributed by atoms with Crippen LogP contribution in [0.4, 0.5) is 0 Å². The van der Waals surface area contributed by atoms with Gasteiger partial charge in [-0.05, 0) is 73.9 Å². The van der Waals surface area contributed by atoms with Crippen molar-refractivity contribution in [2.45, 2.75) is 26.8 Å². The minimum atomic E-state index is -0.479. The SMILES string of the molecule is CNC(=O)c1cc2ccc(Oc3ccccc3C(=O)OC)cc2n1CCCOc1cc(C)c(Cl)c(C)c1. The van der Waals surface area contributed by atoms with Crippen molar-refractivity contribution in [3.05, 3.63) is 88.1 Å². The summed E-state index contributed by atoms with van der Waals surface area (Å²) in [5.74, 6) is 1.03. The molecule has 1 aromatic heterocycles. The average Bonchev–Trinajstić information content (AvgIpc) is 3.26. The summed E-state index contributed by atoms with van der Waals surface area (Å²) in [4.78, 5) is 24.8. The highest BCUT2D eigenvalue weighted by atomic mass is 35.5. The number of aryl methyl sites for hydroxylation is 3. The number of ether oxygens (including phenoxy) is 3. The number of para-hydroxylation sites is 1. The van der Waals surface area contributed by atoms with Crippen LogP contribution in [0.2, 0.25) is 5.02 Å². The molecule has 0 fully saturated rings. The number of amides is 1. The first kappa shape index (κ1) is 26.1. The smallest absolute Gasteiger partial charge is 0.341 e. The second kappa shape index (κ2) is 11.4. The van der Waals surface area contributed by atoms with Gasteiger partial charge >= 0.3 is 5.97 Å². The Morgan fingerprint density at radius 2 is 1.70 bits per heavy atom. The molecular weight excluding hydrogens is 492 g/mol. The van der Waals surface area contributed by atoms with E-state index in [9.17, 15) is 9.59 Å². The Balaban J connectivity index is 1.57. The lowest BCUT2D eigenvalue weighted by Crippen LogP contribution is -2.22. The number of methoxy groups -OCH3 is 1. The van der Waals surface area contributed by atoms with Crippen LogP contribution in [0.15, 0.2) is 60.7 Å². The predicted molar refractivity (Wildman–Crippen MR) is 144 cm³/mol. The van der Waals surface area contributed by atoms with Gasteiger partial charge in [-0.15, -0.1) is 0 Å². The maximum atomic E-state index is 12.6. The maximum absolute atomic E-state index is 12.6. The van der Waals surface area contributed by atoms with E-state index in [1.807, 2.05) is 54.8 Å². The number of hydrogen-bond acceptors (Lipinski definition) is 5. The highest BCUT2D eigenvalue weighted by Crippen LogP contribution is 2.31. The minimum Gasteiger partial charge on any atom is -0.494 e. The fourth-order valence-electron chi connectivity index (χ4n) is 4.22. The average molecular weight is 521 g/mol. The summed E-state index contributed by atoms with van der Waals surface area (Å²) in [5, 5.41) is 4.36. The predicted octanol–water partition coefficient (Wildman–Crippen LogP) is 6.32. The normalized spacial score (nSPS) is 10.8. The lowest BCUT2D eigenvalue weighted by molar-refractivity contribution is 0.0597. The van der Waals surface area contributed by atoms with Crippen LogP contribution in [0.5, 0.6) is 17.2 Å². The van der Waals surface area contributed by atoms with Crippen molar-refractivity contribution >= 4 is 34.4 Å². The molecular formula is C29H29ClN2O5. The monoisotopic (exact) mass is 520 g/mol. The number of halogens is 1. The second-order valence-electron chi connectivity index (χ2n) is 8.64. The molecule has 3 aromatic carbocycles. The van der Waals surface area contributed by atoms with E-state index in [4.69, 9.17) is 25.8 Å². The fraction of sp³-hybridized carbons (Fsp3) is 0.241. The highest BCUT2D eigenvalue weighted by Gasteiger charge is 2.17. The number of nitrogens with zero attached hydrogens (tertiary/aromatic N) is 1. The van der Waals surface area contributed by atoms with Crippen LogP contribution in [-0.2, 0) is 11.3 Å². The van der Waals surface area contributed by atoms with Crippen LogP contribution in [0.25, 0.3) is 10.9 Å². The lowest BCUT2D eigenvalue weighted by atomic mass is 10.1. The molecule has 8 heteroatoms. The second-order valence-corrected chi connectivity index (χ2v) is 9.02. The van der Waals surface area contributed by atoms with Gasteiger partial charge in [0.25, 0.3) is 5.91 Å². The van der Waals surface area contributed by atoms with E-state index in [-0.39, 0.29) is 5.91 Å². The van der Waals surface area contributed by atoms with Gasteiger partial charge in [0.1, 0.15) is 28.5 Å². The Morgan fingerprint density at radius 1 is 0.973 bits per heavy atom. The Kier molecular flexibility index (Phi) is 8.04. The molecule has 0 unspecified atom stereocenters. The highest BCUT2D eigenvalue weighted by molar-refractivity contribution is 6.32. The third-order valence-electron chi connectivity index (χ3n) is 6.06. The molecule has 0 saturated heterocycles. The molecule has 7 nitrogen and oxygen atoms in total. The Morgan fingerprint density at radius 3 is 2.41 bits per heavy atom. The van der Waals surface area contributed by atoms with Crippen molar-refractivity contribution in [2.24, 2.45) is 0 Å². The van der Waals surface area contributed by atoms with Gasteiger partial charge in [-0.25, -0.2) is 4.79 Å². The van der Waals surface area contributed by atoms with Crippen molar-refractivity contribution in [3.63, 3.8) is 0 Å². The van der Waals surface area contributed by atoms with Gasteiger partial charge in [0.15, 0.2) is 0 Å². The number of esters is 1. The van der Waals surface area contributed by atoms with Gasteiger partial charge in [0.2, 0.25) is 0 Å². The largest absolute Gasteiger partial charge is 0.494 e. The van der Waals surface area contributed by atoms with E-state index in [0.29, 0.717) is 42.3 Å². The third-order valence-corrected chi connectivity index (χ3v) is 6.66. The molecule has 0 radical (unpaired) electrons. The summed E-state index contributed by atoms with van der Waals surface area (Å²) in [5.41, 5.74) is 3.65. The molecule has 1 heterocycles. The third kappa shape index (κ3) is 5.73. The standard InChI is InChI=1S/C29H29ClN2O5/c1-18-14-22(15-19(2)27(18)30)36-13-7-12-32-24-17-21(11-10-20(24)16-25(32)28(33)31-3)37-26-9-6-5-8-23(26)29(34)35-4/h5-6,8-11,14-17H,7,12-13H2,1-4H3,(H,31,33). The Labute approximate surface area is 220 Å². The van der Waals surface area contributed by atoms with E-state index in [1.165, 1.54) is 7.11 Å². The number of benzene rings is 3. The molecule has 0 aliphatic heterocycles. The van der Waals surface area contributed by atoms with E-state index < -0.39 is 5.97 Å². The van der Waals surface area contributed by atoms with Crippen molar-refractivity contribution < 1.29 is 23.8 Å². The van der Waals surface area contributed by atoms with Crippen LogP contribution in [-0.4, -0.2) is 37.2 Å². The summed E-state index contributed by atoms with van der Waals surface area (Å²) < 4.78 is 18.8. The zero-order valence-electron chi connectivity index (χ0n) is 21.3. The summed E-state index contributed by atoms with van der Waals surface area (Å²) in [6.45, 7) is 4.93. The first-order chi connectivity index (χ1) is 17.8. The first-order valence-corrected chi connectivity index (χ1v) is 12.3. The molecule has 0 atom stereocenters. The van der Waals surface area contributed by atoms with Crippen LogP contribution < -0.4 is 14.8 Å². The van der Waals surface area contributed by atoms with Gasteiger partial charge in [0.05, 0.1) is 19.2 Å². The van der Waals surface area contributed by atoms with E-state index in [0.717, 1.165) is 32.8 Å². The summed E-state index contributed by atoms with van der Waals surface area (Å²) >= 11 is 6.26. The molecule has 1 amide bonds. The molecule has 0 spiro atoms. The van der Waals surface area contributed by atoms with Crippen LogP contribution in [0.3, 0.4) is 0 Å². The van der Waals surface area contributed by atoms with Crippen LogP contribution in [0, 0.1) is 13.8 Å². The Hall–Kier alpha value is -3.97. The molecule has 0 bridgehead atoms. The van der Waals surface area contributed by atoms with Gasteiger partial charge in [0, 0.05) is 30.1 Å². The molecule has 4 rings (SSSR count). The number of carbonyl (C=O) groups is 2. The van der Waals surface area contributed by atoms with Crippen molar-refractivity contribution in [2.75, 3.05) is 20.8 Å². The summed E-state index contributed by atoms with van der Waals surface area (Å²) in [6, 6.07) is 18.2. The number of aromatic nitrogens is 1. The zero-order chi connectivity index (χ0) is 26.5. The van der Waals surface area contributed by atoms with Crippen molar-refractivity contribution in [1.29, 1.82) is 0 Å². The van der Waals surface area contributed by atoms with Gasteiger partial charge < -0.3 is 24.1 Å². The maximum Gasteiger partial charge on any atom is 0.341 e. The zero-order valence-corrected chi connectivity index (χ0v) is 22.0. The van der Waals surface area contributed by atoms with Crippen molar-refractivity contribution in [3.8, 4) is 17.2 Å². The number of hydrogen-bond donors (Lipinski definition) is 1. The number of rotatable bonds is 9. The minimum absolute atomic E-state index is 0.181. The fourth-order valence-corrected chi connectivity index (χ4v) is 4.33. The lowest BCUT2D eigenvalue weighted by Gasteiger charge is -2.13. The van der Waals surface area contributed by atoms with Crippen LogP contribution in [0.1, 0.15) is 38.4 Å². The van der Waals surface area contributed by atoms with E-state index in [1.54, 1.807) is 31.3 Å². The Bertz CT molecular complexity index is 1440. The number of nitrogens with one attached hydrogen (secondary N) is 1. The molecule has 37 heavy (non-hydrogen) atoms. The quantitative estimate of drug-likeness (QED) is 0.206. The molecule has 1 N–H and O–H groups in total. The molecule has 192 valence electrons. The molecule has 0 saturated carbocycles. The summed E-state index contributed by atoms with van der Waals surface area (Å²) in [7, 11) is 2.94. The van der Waals surface area contributed by atoms with Gasteiger partial charge in [-0.1, -0.05) is 23.7 Å². The van der Waals surface area contributed by atoms with Gasteiger partial charge in [-0.3, -0.25) is 4.79 Å². The number of fused-ring (bicyclic) bond motifs is 1. The van der Waals surface area contributed by atoms with E-state index in [2.05, 4.69) is 5.32 Å². The van der Waals surface area contributed by atoms with Gasteiger partial charge in [-0.2, -0.15) is 0 Å².